The molecule has 0 unspecified atom stereocenters. The quantitative estimate of drug-likeness (QED) is 0.296. The highest BCUT2D eigenvalue weighted by Gasteiger charge is 2.28. The van der Waals surface area contributed by atoms with E-state index in [-0.39, 0.29) is 0 Å². The van der Waals surface area contributed by atoms with E-state index in [2.05, 4.69) is 18.8 Å². The topological polar surface area (TPSA) is 47.6 Å². The zero-order valence-electron chi connectivity index (χ0n) is 17.5. The van der Waals surface area contributed by atoms with Crippen molar-refractivity contribution in [3.05, 3.63) is 36.9 Å². The van der Waals surface area contributed by atoms with Gasteiger partial charge in [-0.3, -0.25) is 5.32 Å². The van der Waals surface area contributed by atoms with Gasteiger partial charge in [0.05, 0.1) is 31.9 Å². The number of nitrogens with one attached hydrogen (secondary N) is 1. The van der Waals surface area contributed by atoms with Crippen molar-refractivity contribution in [2.45, 2.75) is 51.9 Å². The maximum absolute atomic E-state index is 12.3. The van der Waals surface area contributed by atoms with Crippen LogP contribution in [-0.4, -0.2) is 50.0 Å². The zero-order chi connectivity index (χ0) is 20.1. The molecule has 0 aliphatic carbocycles. The van der Waals surface area contributed by atoms with Crippen LogP contribution in [-0.2, 0) is 4.74 Å². The number of ether oxygens (including phenoxy) is 2. The minimum atomic E-state index is -0.421. The summed E-state index contributed by atoms with van der Waals surface area (Å²) in [6.45, 7) is 11.2. The van der Waals surface area contributed by atoms with Crippen LogP contribution >= 0.6 is 0 Å². The molecule has 28 heavy (non-hydrogen) atoms. The number of amides is 1. The molecule has 0 atom stereocenters. The molecule has 0 radical (unpaired) electrons. The fraction of sp³-hybridized carbons (Fsp3) is 0.609. The summed E-state index contributed by atoms with van der Waals surface area (Å²) in [4.78, 5) is 12.3. The van der Waals surface area contributed by atoms with Crippen LogP contribution in [0.3, 0.4) is 0 Å². The third-order valence-electron chi connectivity index (χ3n) is 5.46. The van der Waals surface area contributed by atoms with Crippen molar-refractivity contribution in [3.63, 3.8) is 0 Å². The van der Waals surface area contributed by atoms with Gasteiger partial charge < -0.3 is 14.0 Å². The number of carbonyl (C=O) groups excluding carboxylic acids is 1. The van der Waals surface area contributed by atoms with Gasteiger partial charge in [-0.15, -0.1) is 0 Å². The third-order valence-corrected chi connectivity index (χ3v) is 5.46. The number of hydrogen-bond acceptors (Lipinski definition) is 3. The number of carbonyl (C=O) groups is 1. The monoisotopic (exact) mass is 389 g/mol. The lowest BCUT2D eigenvalue weighted by molar-refractivity contribution is -0.927. The predicted molar refractivity (Wildman–Crippen MR) is 115 cm³/mol. The second-order valence-electron chi connectivity index (χ2n) is 7.71. The van der Waals surface area contributed by atoms with Crippen molar-refractivity contribution in [1.29, 1.82) is 0 Å². The Hall–Kier alpha value is -2.01. The minimum absolute atomic E-state index is 0.416. The van der Waals surface area contributed by atoms with Gasteiger partial charge in [-0.05, 0) is 43.9 Å². The Labute approximate surface area is 170 Å². The summed E-state index contributed by atoms with van der Waals surface area (Å²) in [5.74, 6) is 0.696. The fourth-order valence-corrected chi connectivity index (χ4v) is 3.84. The molecule has 1 aromatic rings. The van der Waals surface area contributed by atoms with E-state index in [9.17, 15) is 4.79 Å². The van der Waals surface area contributed by atoms with E-state index in [0.29, 0.717) is 24.7 Å². The van der Waals surface area contributed by atoms with Crippen molar-refractivity contribution >= 4 is 11.8 Å². The number of para-hydroxylation sites is 2. The van der Waals surface area contributed by atoms with Gasteiger partial charge in [-0.25, -0.2) is 4.79 Å². The highest BCUT2D eigenvalue weighted by molar-refractivity contribution is 5.86. The molecule has 1 fully saturated rings. The number of hydrogen-bond donors (Lipinski definition) is 1. The molecule has 156 valence electrons. The highest BCUT2D eigenvalue weighted by atomic mass is 16.5. The van der Waals surface area contributed by atoms with E-state index in [1.54, 1.807) is 0 Å². The van der Waals surface area contributed by atoms with Crippen molar-refractivity contribution in [2.24, 2.45) is 0 Å². The van der Waals surface area contributed by atoms with Gasteiger partial charge in [0, 0.05) is 0 Å². The Morgan fingerprint density at radius 1 is 1.14 bits per heavy atom. The largest absolute Gasteiger partial charge is 0.491 e. The maximum atomic E-state index is 12.3. The molecule has 5 heteroatoms. The lowest BCUT2D eigenvalue weighted by atomic mass is 10.1. The summed E-state index contributed by atoms with van der Waals surface area (Å²) < 4.78 is 12.3. The van der Waals surface area contributed by atoms with Crippen LogP contribution in [0.5, 0.6) is 5.75 Å². The summed E-state index contributed by atoms with van der Waals surface area (Å²) in [6.07, 6.45) is 9.96. The van der Waals surface area contributed by atoms with E-state index in [1.165, 1.54) is 38.5 Å². The Bertz CT molecular complexity index is 597. The summed E-state index contributed by atoms with van der Waals surface area (Å²) in [6, 6.07) is 7.53. The van der Waals surface area contributed by atoms with Crippen molar-refractivity contribution in [1.82, 2.24) is 0 Å². The number of anilines is 1. The number of nitrogens with zero attached hydrogens (tertiary/aromatic N) is 1. The standard InChI is InChI=1S/C23H36N2O3/c1-3-5-6-12-19-27-22-14-9-8-13-21(22)24-23(26)28-20-18-25(15-4-2)16-10-7-11-17-25/h4,8-9,13-14H,2-3,5-7,10-12,15-20H2,1H3/p+1. The fourth-order valence-electron chi connectivity index (χ4n) is 3.84. The Morgan fingerprint density at radius 2 is 1.93 bits per heavy atom. The van der Waals surface area contributed by atoms with Crippen LogP contribution in [0.1, 0.15) is 51.9 Å². The lowest BCUT2D eigenvalue weighted by Crippen LogP contribution is -2.53. The molecule has 0 aromatic heterocycles. The van der Waals surface area contributed by atoms with Gasteiger partial charge in [0.25, 0.3) is 0 Å². The normalized spacial score (nSPS) is 15.6. The molecule has 1 heterocycles. The number of piperidine rings is 1. The average Bonchev–Trinajstić information content (AvgIpc) is 2.70. The summed E-state index contributed by atoms with van der Waals surface area (Å²) in [7, 11) is 0. The molecule has 0 saturated carbocycles. The first-order chi connectivity index (χ1) is 13.7. The number of rotatable bonds is 12. The molecule has 1 aromatic carbocycles. The Kier molecular flexibility index (Phi) is 9.91. The maximum Gasteiger partial charge on any atom is 0.411 e. The third kappa shape index (κ3) is 7.55. The van der Waals surface area contributed by atoms with Gasteiger partial charge in [-0.1, -0.05) is 44.9 Å². The van der Waals surface area contributed by atoms with E-state index >= 15 is 0 Å². The van der Waals surface area contributed by atoms with Gasteiger partial charge in [0.15, 0.2) is 0 Å². The average molecular weight is 390 g/mol. The number of quaternary nitrogens is 1. The Morgan fingerprint density at radius 3 is 2.68 bits per heavy atom. The van der Waals surface area contributed by atoms with Crippen LogP contribution < -0.4 is 10.1 Å². The minimum Gasteiger partial charge on any atom is -0.491 e. The van der Waals surface area contributed by atoms with Crippen LogP contribution in [0.15, 0.2) is 36.9 Å². The first kappa shape index (κ1) is 22.3. The molecule has 1 aliphatic heterocycles. The predicted octanol–water partition coefficient (Wildman–Crippen LogP) is 5.38. The van der Waals surface area contributed by atoms with Crippen LogP contribution in [0.25, 0.3) is 0 Å². The molecule has 5 nitrogen and oxygen atoms in total. The van der Waals surface area contributed by atoms with E-state index in [1.807, 2.05) is 30.3 Å². The summed E-state index contributed by atoms with van der Waals surface area (Å²) in [5, 5.41) is 2.83. The molecular formula is C23H37N2O3+. The van der Waals surface area contributed by atoms with Gasteiger partial charge in [0.1, 0.15) is 18.9 Å². The summed E-state index contributed by atoms with van der Waals surface area (Å²) in [5.41, 5.74) is 0.663. The van der Waals surface area contributed by atoms with Crippen LogP contribution in [0.4, 0.5) is 10.5 Å². The molecule has 0 spiro atoms. The van der Waals surface area contributed by atoms with Crippen LogP contribution in [0, 0.1) is 0 Å². The number of likely N-dealkylation sites (tertiary alicyclic amines) is 1. The smallest absolute Gasteiger partial charge is 0.411 e. The summed E-state index contributed by atoms with van der Waals surface area (Å²) >= 11 is 0. The molecule has 1 amide bonds. The number of unbranched alkanes of at least 4 members (excludes halogenated alkanes) is 3. The van der Waals surface area contributed by atoms with Crippen molar-refractivity contribution < 1.29 is 18.8 Å². The highest BCUT2D eigenvalue weighted by Crippen LogP contribution is 2.24. The molecule has 1 aliphatic rings. The molecule has 2 rings (SSSR count). The lowest BCUT2D eigenvalue weighted by Gasteiger charge is -2.40. The van der Waals surface area contributed by atoms with E-state index in [4.69, 9.17) is 9.47 Å². The van der Waals surface area contributed by atoms with E-state index in [0.717, 1.165) is 37.1 Å². The Balaban J connectivity index is 1.78. The zero-order valence-corrected chi connectivity index (χ0v) is 17.5. The first-order valence-corrected chi connectivity index (χ1v) is 10.8. The molecule has 1 saturated heterocycles. The molecular weight excluding hydrogens is 352 g/mol. The van der Waals surface area contributed by atoms with Crippen molar-refractivity contribution in [2.75, 3.05) is 44.7 Å². The van der Waals surface area contributed by atoms with Crippen LogP contribution in [0.2, 0.25) is 0 Å². The molecule has 0 bridgehead atoms. The van der Waals surface area contributed by atoms with Crippen molar-refractivity contribution in [3.8, 4) is 5.75 Å². The second-order valence-corrected chi connectivity index (χ2v) is 7.71. The first-order valence-electron chi connectivity index (χ1n) is 10.8. The second kappa shape index (κ2) is 12.4. The van der Waals surface area contributed by atoms with Gasteiger partial charge >= 0.3 is 6.09 Å². The van der Waals surface area contributed by atoms with E-state index < -0.39 is 6.09 Å². The SMILES string of the molecule is C=CC[N+]1(CCOC(=O)Nc2ccccc2OCCCCCC)CCCCC1. The molecule has 1 N–H and O–H groups in total. The van der Waals surface area contributed by atoms with Gasteiger partial charge in [0.2, 0.25) is 0 Å². The number of benzene rings is 1. The van der Waals surface area contributed by atoms with Gasteiger partial charge in [-0.2, -0.15) is 0 Å².